The lowest BCUT2D eigenvalue weighted by atomic mass is 10.1. The second-order valence-corrected chi connectivity index (χ2v) is 5.67. The van der Waals surface area contributed by atoms with E-state index in [1.54, 1.807) is 20.8 Å². The van der Waals surface area contributed by atoms with Gasteiger partial charge in [-0.25, -0.2) is 4.79 Å². The first-order valence-corrected chi connectivity index (χ1v) is 5.65. The minimum Gasteiger partial charge on any atom is -0.444 e. The molecule has 1 aliphatic carbocycles. The molecule has 0 unspecified atom stereocenters. The van der Waals surface area contributed by atoms with Crippen LogP contribution in [0.4, 0.5) is 18.0 Å². The van der Waals surface area contributed by atoms with Crippen molar-refractivity contribution < 1.29 is 27.8 Å². The summed E-state index contributed by atoms with van der Waals surface area (Å²) < 4.78 is 42.3. The van der Waals surface area contributed by atoms with E-state index in [2.05, 4.69) is 5.32 Å². The molecular weight excluding hydrogens is 251 g/mol. The van der Waals surface area contributed by atoms with E-state index in [0.29, 0.717) is 0 Å². The van der Waals surface area contributed by atoms with Crippen LogP contribution in [0.5, 0.6) is 0 Å². The third kappa shape index (κ3) is 3.76. The lowest BCUT2D eigenvalue weighted by Crippen LogP contribution is -2.38. The minimum absolute atomic E-state index is 0.164. The molecule has 0 radical (unpaired) electrons. The SMILES string of the molecule is CC(C)(C)OC(=O)NC[C@@]1(CO)C[C@H]1C(F)(F)F. The molecule has 0 aliphatic heterocycles. The summed E-state index contributed by atoms with van der Waals surface area (Å²) in [7, 11) is 0. The maximum absolute atomic E-state index is 12.5. The maximum Gasteiger partial charge on any atom is 0.407 e. The average Bonchev–Trinajstić information content (AvgIpc) is 2.87. The highest BCUT2D eigenvalue weighted by molar-refractivity contribution is 5.67. The van der Waals surface area contributed by atoms with E-state index in [1.807, 2.05) is 0 Å². The number of carbonyl (C=O) groups is 1. The Balaban J connectivity index is 2.46. The standard InChI is InChI=1S/C11H18F3NO3/c1-9(2,3)18-8(17)15-5-10(6-16)4-7(10)11(12,13)14/h7,16H,4-6H2,1-3H3,(H,15,17)/t7-,10-/m1/s1. The van der Waals surface area contributed by atoms with Crippen LogP contribution in [-0.4, -0.2) is 36.1 Å². The van der Waals surface area contributed by atoms with Gasteiger partial charge in [-0.3, -0.25) is 0 Å². The van der Waals surface area contributed by atoms with Crippen molar-refractivity contribution in [1.82, 2.24) is 5.32 Å². The first-order chi connectivity index (χ1) is 8.00. The van der Waals surface area contributed by atoms with Crippen LogP contribution in [0.15, 0.2) is 0 Å². The molecule has 1 rings (SSSR count). The van der Waals surface area contributed by atoms with E-state index < -0.39 is 35.8 Å². The minimum atomic E-state index is -4.33. The number of rotatable bonds is 3. The molecule has 4 nitrogen and oxygen atoms in total. The molecule has 1 saturated carbocycles. The van der Waals surface area contributed by atoms with Crippen molar-refractivity contribution in [3.8, 4) is 0 Å². The van der Waals surface area contributed by atoms with Gasteiger partial charge < -0.3 is 15.2 Å². The Kier molecular flexibility index (Phi) is 3.86. The van der Waals surface area contributed by atoms with Gasteiger partial charge in [0, 0.05) is 12.0 Å². The van der Waals surface area contributed by atoms with Crippen molar-refractivity contribution in [1.29, 1.82) is 0 Å². The van der Waals surface area contributed by atoms with Gasteiger partial charge in [-0.1, -0.05) is 0 Å². The lowest BCUT2D eigenvalue weighted by molar-refractivity contribution is -0.158. The summed E-state index contributed by atoms with van der Waals surface area (Å²) in [4.78, 5) is 11.3. The third-order valence-corrected chi connectivity index (χ3v) is 2.88. The summed E-state index contributed by atoms with van der Waals surface area (Å²) in [6, 6.07) is 0. The van der Waals surface area contributed by atoms with Crippen molar-refractivity contribution in [3.05, 3.63) is 0 Å². The summed E-state index contributed by atoms with van der Waals surface area (Å²) in [6.07, 6.45) is -5.27. The Hall–Kier alpha value is -0.980. The number of carbonyl (C=O) groups excluding carboxylic acids is 1. The predicted molar refractivity (Wildman–Crippen MR) is 57.9 cm³/mol. The monoisotopic (exact) mass is 269 g/mol. The van der Waals surface area contributed by atoms with Crippen LogP contribution in [0.2, 0.25) is 0 Å². The number of amides is 1. The number of halogens is 3. The summed E-state index contributed by atoms with van der Waals surface area (Å²) in [5.74, 6) is -1.55. The van der Waals surface area contributed by atoms with Crippen LogP contribution < -0.4 is 5.32 Å². The second-order valence-electron chi connectivity index (χ2n) is 5.67. The molecule has 1 fully saturated rings. The molecule has 0 aromatic rings. The van der Waals surface area contributed by atoms with E-state index in [9.17, 15) is 18.0 Å². The molecule has 0 bridgehead atoms. The highest BCUT2D eigenvalue weighted by atomic mass is 19.4. The number of ether oxygens (including phenoxy) is 1. The van der Waals surface area contributed by atoms with Crippen molar-refractivity contribution in [2.75, 3.05) is 13.2 Å². The fourth-order valence-electron chi connectivity index (χ4n) is 1.80. The predicted octanol–water partition coefficient (Wildman–Crippen LogP) is 2.07. The first kappa shape index (κ1) is 15.1. The maximum atomic E-state index is 12.5. The van der Waals surface area contributed by atoms with Crippen molar-refractivity contribution in [3.63, 3.8) is 0 Å². The number of alkyl halides is 3. The normalized spacial score (nSPS) is 27.8. The molecule has 0 aromatic carbocycles. The van der Waals surface area contributed by atoms with E-state index in [0.717, 1.165) is 0 Å². The van der Waals surface area contributed by atoms with Gasteiger partial charge in [-0.2, -0.15) is 13.2 Å². The van der Waals surface area contributed by atoms with Gasteiger partial charge >= 0.3 is 12.3 Å². The van der Waals surface area contributed by atoms with Gasteiger partial charge in [0.15, 0.2) is 0 Å². The van der Waals surface area contributed by atoms with E-state index in [-0.39, 0.29) is 13.0 Å². The quantitative estimate of drug-likeness (QED) is 0.824. The topological polar surface area (TPSA) is 58.6 Å². The number of hydrogen-bond donors (Lipinski definition) is 2. The van der Waals surface area contributed by atoms with Crippen molar-refractivity contribution in [2.24, 2.45) is 11.3 Å². The van der Waals surface area contributed by atoms with Crippen LogP contribution >= 0.6 is 0 Å². The molecule has 7 heteroatoms. The zero-order valence-corrected chi connectivity index (χ0v) is 10.6. The highest BCUT2D eigenvalue weighted by Crippen LogP contribution is 2.59. The molecule has 2 N–H and O–H groups in total. The lowest BCUT2D eigenvalue weighted by Gasteiger charge is -2.22. The fraction of sp³-hybridized carbons (Fsp3) is 0.909. The molecule has 1 amide bonds. The van der Waals surface area contributed by atoms with Crippen LogP contribution in [0.3, 0.4) is 0 Å². The van der Waals surface area contributed by atoms with Gasteiger partial charge in [0.05, 0.1) is 12.5 Å². The molecule has 2 atom stereocenters. The summed E-state index contributed by atoms with van der Waals surface area (Å²) in [5.41, 5.74) is -1.99. The summed E-state index contributed by atoms with van der Waals surface area (Å²) in [5, 5.41) is 11.3. The van der Waals surface area contributed by atoms with Crippen molar-refractivity contribution >= 4 is 6.09 Å². The van der Waals surface area contributed by atoms with Crippen LogP contribution in [0.25, 0.3) is 0 Å². The summed E-state index contributed by atoms with van der Waals surface area (Å²) >= 11 is 0. The van der Waals surface area contributed by atoms with Gasteiger partial charge in [-0.15, -0.1) is 0 Å². The Bertz CT molecular complexity index is 324. The molecule has 18 heavy (non-hydrogen) atoms. The smallest absolute Gasteiger partial charge is 0.407 e. The number of alkyl carbamates (subject to hydrolysis) is 1. The molecule has 0 spiro atoms. The van der Waals surface area contributed by atoms with Gasteiger partial charge in [-0.05, 0) is 27.2 Å². The van der Waals surface area contributed by atoms with Crippen molar-refractivity contribution in [2.45, 2.75) is 39.0 Å². The number of hydrogen-bond acceptors (Lipinski definition) is 3. The Morgan fingerprint density at radius 1 is 1.44 bits per heavy atom. The van der Waals surface area contributed by atoms with Crippen LogP contribution in [0, 0.1) is 11.3 Å². The van der Waals surface area contributed by atoms with E-state index >= 15 is 0 Å². The van der Waals surface area contributed by atoms with Gasteiger partial charge in [0.1, 0.15) is 5.60 Å². The molecule has 0 heterocycles. The van der Waals surface area contributed by atoms with E-state index in [1.165, 1.54) is 0 Å². The molecule has 106 valence electrons. The Morgan fingerprint density at radius 3 is 2.33 bits per heavy atom. The first-order valence-electron chi connectivity index (χ1n) is 5.65. The molecular formula is C11H18F3NO3. The molecule has 1 aliphatic rings. The third-order valence-electron chi connectivity index (χ3n) is 2.88. The highest BCUT2D eigenvalue weighted by Gasteiger charge is 2.66. The van der Waals surface area contributed by atoms with Gasteiger partial charge in [0.2, 0.25) is 0 Å². The summed E-state index contributed by atoms with van der Waals surface area (Å²) in [6.45, 7) is 4.13. The molecule has 0 aromatic heterocycles. The second kappa shape index (κ2) is 4.60. The Labute approximate surface area is 103 Å². The largest absolute Gasteiger partial charge is 0.444 e. The zero-order chi connectivity index (χ0) is 14.2. The number of aliphatic hydroxyl groups excluding tert-OH is 1. The van der Waals surface area contributed by atoms with Crippen LogP contribution in [-0.2, 0) is 4.74 Å². The number of nitrogens with one attached hydrogen (secondary N) is 1. The number of aliphatic hydroxyl groups is 1. The average molecular weight is 269 g/mol. The van der Waals surface area contributed by atoms with E-state index in [4.69, 9.17) is 9.84 Å². The fourth-order valence-corrected chi connectivity index (χ4v) is 1.80. The zero-order valence-electron chi connectivity index (χ0n) is 10.6. The molecule has 0 saturated heterocycles. The van der Waals surface area contributed by atoms with Gasteiger partial charge in [0.25, 0.3) is 0 Å². The Morgan fingerprint density at radius 2 is 2.00 bits per heavy atom. The van der Waals surface area contributed by atoms with Crippen LogP contribution in [0.1, 0.15) is 27.2 Å².